The summed E-state index contributed by atoms with van der Waals surface area (Å²) in [6.45, 7) is 5.05. The van der Waals surface area contributed by atoms with Crippen molar-refractivity contribution in [2.45, 2.75) is 32.9 Å². The SMILES string of the molecule is COc1ccc(Cc2ncc(CNC(C)C)cn2)cc1. The van der Waals surface area contributed by atoms with Gasteiger partial charge in [-0.25, -0.2) is 9.97 Å². The lowest BCUT2D eigenvalue weighted by atomic mass is 10.1. The van der Waals surface area contributed by atoms with Gasteiger partial charge in [-0.3, -0.25) is 0 Å². The first-order valence-corrected chi connectivity index (χ1v) is 6.83. The van der Waals surface area contributed by atoms with Gasteiger partial charge in [0, 0.05) is 37.0 Å². The second-order valence-corrected chi connectivity index (χ2v) is 5.07. The third-order valence-corrected chi connectivity index (χ3v) is 2.99. The fourth-order valence-electron chi connectivity index (χ4n) is 1.81. The maximum absolute atomic E-state index is 5.14. The van der Waals surface area contributed by atoms with Gasteiger partial charge in [-0.05, 0) is 17.7 Å². The quantitative estimate of drug-likeness (QED) is 0.877. The monoisotopic (exact) mass is 271 g/mol. The van der Waals surface area contributed by atoms with Crippen LogP contribution in [0.1, 0.15) is 30.8 Å². The molecule has 0 fully saturated rings. The van der Waals surface area contributed by atoms with Crippen molar-refractivity contribution >= 4 is 0 Å². The molecule has 1 aromatic carbocycles. The molecule has 106 valence electrons. The van der Waals surface area contributed by atoms with Gasteiger partial charge in [0.25, 0.3) is 0 Å². The summed E-state index contributed by atoms with van der Waals surface area (Å²) in [7, 11) is 1.67. The number of nitrogens with one attached hydrogen (secondary N) is 1. The molecule has 0 aliphatic heterocycles. The van der Waals surface area contributed by atoms with Crippen molar-refractivity contribution in [1.82, 2.24) is 15.3 Å². The number of ether oxygens (including phenoxy) is 1. The minimum Gasteiger partial charge on any atom is -0.497 e. The van der Waals surface area contributed by atoms with Gasteiger partial charge in [0.1, 0.15) is 11.6 Å². The van der Waals surface area contributed by atoms with Gasteiger partial charge < -0.3 is 10.1 Å². The molecule has 0 amide bonds. The van der Waals surface area contributed by atoms with Crippen molar-refractivity contribution in [3.05, 3.63) is 53.6 Å². The predicted octanol–water partition coefficient (Wildman–Crippen LogP) is 2.57. The molecule has 4 nitrogen and oxygen atoms in total. The summed E-state index contributed by atoms with van der Waals surface area (Å²) in [4.78, 5) is 8.82. The molecular weight excluding hydrogens is 250 g/mol. The first-order chi connectivity index (χ1) is 9.67. The number of methoxy groups -OCH3 is 1. The van der Waals surface area contributed by atoms with E-state index in [1.54, 1.807) is 7.11 Å². The van der Waals surface area contributed by atoms with Crippen LogP contribution in [-0.2, 0) is 13.0 Å². The Morgan fingerprint density at radius 3 is 2.25 bits per heavy atom. The maximum atomic E-state index is 5.14. The van der Waals surface area contributed by atoms with Crippen LogP contribution < -0.4 is 10.1 Å². The van der Waals surface area contributed by atoms with Gasteiger partial charge in [-0.15, -0.1) is 0 Å². The zero-order valence-electron chi connectivity index (χ0n) is 12.3. The lowest BCUT2D eigenvalue weighted by molar-refractivity contribution is 0.414. The number of benzene rings is 1. The molecule has 2 rings (SSSR count). The molecule has 0 radical (unpaired) electrons. The topological polar surface area (TPSA) is 47.0 Å². The van der Waals surface area contributed by atoms with Crippen LogP contribution in [0.5, 0.6) is 5.75 Å². The fourth-order valence-corrected chi connectivity index (χ4v) is 1.81. The van der Waals surface area contributed by atoms with Crippen molar-refractivity contribution in [3.63, 3.8) is 0 Å². The van der Waals surface area contributed by atoms with Gasteiger partial charge in [0.05, 0.1) is 7.11 Å². The van der Waals surface area contributed by atoms with E-state index in [-0.39, 0.29) is 0 Å². The molecule has 20 heavy (non-hydrogen) atoms. The third-order valence-electron chi connectivity index (χ3n) is 2.99. The lowest BCUT2D eigenvalue weighted by Crippen LogP contribution is -2.22. The van der Waals surface area contributed by atoms with Gasteiger partial charge in [-0.1, -0.05) is 26.0 Å². The summed E-state index contributed by atoms with van der Waals surface area (Å²) >= 11 is 0. The summed E-state index contributed by atoms with van der Waals surface area (Å²) in [6, 6.07) is 8.45. The van der Waals surface area contributed by atoms with Crippen molar-refractivity contribution in [1.29, 1.82) is 0 Å². The standard InChI is InChI=1S/C16H21N3O/c1-12(2)17-9-14-10-18-16(19-11-14)8-13-4-6-15(20-3)7-5-13/h4-7,10-12,17H,8-9H2,1-3H3. The Morgan fingerprint density at radius 1 is 1.05 bits per heavy atom. The number of aromatic nitrogens is 2. The number of hydrogen-bond donors (Lipinski definition) is 1. The molecule has 0 spiro atoms. The molecule has 1 aromatic heterocycles. The molecule has 0 saturated carbocycles. The smallest absolute Gasteiger partial charge is 0.132 e. The van der Waals surface area contributed by atoms with E-state index in [0.717, 1.165) is 30.1 Å². The van der Waals surface area contributed by atoms with E-state index in [0.29, 0.717) is 6.04 Å². The number of hydrogen-bond acceptors (Lipinski definition) is 4. The molecular formula is C16H21N3O. The Balaban J connectivity index is 1.95. The Morgan fingerprint density at radius 2 is 1.70 bits per heavy atom. The molecule has 4 heteroatoms. The Kier molecular flexibility index (Phi) is 5.07. The molecule has 2 aromatic rings. The first-order valence-electron chi connectivity index (χ1n) is 6.83. The fraction of sp³-hybridized carbons (Fsp3) is 0.375. The zero-order chi connectivity index (χ0) is 14.4. The van der Waals surface area contributed by atoms with E-state index in [1.165, 1.54) is 5.56 Å². The highest BCUT2D eigenvalue weighted by molar-refractivity contribution is 5.28. The first kappa shape index (κ1) is 14.5. The highest BCUT2D eigenvalue weighted by Crippen LogP contribution is 2.13. The molecule has 0 saturated heterocycles. The minimum absolute atomic E-state index is 0.467. The van der Waals surface area contributed by atoms with Crippen LogP contribution in [0.3, 0.4) is 0 Å². The van der Waals surface area contributed by atoms with Crippen LogP contribution in [0.15, 0.2) is 36.7 Å². The average molecular weight is 271 g/mol. The summed E-state index contributed by atoms with van der Waals surface area (Å²) < 4.78 is 5.14. The van der Waals surface area contributed by atoms with Crippen LogP contribution in [0.4, 0.5) is 0 Å². The van der Waals surface area contributed by atoms with Crippen molar-refractivity contribution in [2.24, 2.45) is 0 Å². The molecule has 0 aliphatic carbocycles. The van der Waals surface area contributed by atoms with Crippen LogP contribution >= 0.6 is 0 Å². The largest absolute Gasteiger partial charge is 0.497 e. The van der Waals surface area contributed by atoms with Crippen LogP contribution in [0, 0.1) is 0 Å². The second kappa shape index (κ2) is 7.01. The highest BCUT2D eigenvalue weighted by Gasteiger charge is 2.01. The number of rotatable bonds is 6. The third kappa shape index (κ3) is 4.31. The number of nitrogens with zero attached hydrogens (tertiary/aromatic N) is 2. The minimum atomic E-state index is 0.467. The molecule has 0 aliphatic rings. The maximum Gasteiger partial charge on any atom is 0.132 e. The molecule has 0 unspecified atom stereocenters. The van der Waals surface area contributed by atoms with Crippen molar-refractivity contribution < 1.29 is 4.74 Å². The molecule has 1 N–H and O–H groups in total. The predicted molar refractivity (Wildman–Crippen MR) is 79.8 cm³/mol. The van der Waals surface area contributed by atoms with Crippen molar-refractivity contribution in [2.75, 3.05) is 7.11 Å². The van der Waals surface area contributed by atoms with Gasteiger partial charge in [0.15, 0.2) is 0 Å². The van der Waals surface area contributed by atoms with Crippen molar-refractivity contribution in [3.8, 4) is 5.75 Å². The highest BCUT2D eigenvalue weighted by atomic mass is 16.5. The summed E-state index contributed by atoms with van der Waals surface area (Å²) in [5.41, 5.74) is 2.29. The van der Waals surface area contributed by atoms with Crippen LogP contribution in [0.2, 0.25) is 0 Å². The average Bonchev–Trinajstić information content (AvgIpc) is 2.47. The van der Waals surface area contributed by atoms with Gasteiger partial charge >= 0.3 is 0 Å². The van der Waals surface area contributed by atoms with E-state index in [9.17, 15) is 0 Å². The Labute approximate surface area is 120 Å². The zero-order valence-corrected chi connectivity index (χ0v) is 12.3. The van der Waals surface area contributed by atoms with E-state index in [4.69, 9.17) is 4.74 Å². The molecule has 1 heterocycles. The lowest BCUT2D eigenvalue weighted by Gasteiger charge is -2.08. The van der Waals surface area contributed by atoms with Gasteiger partial charge in [-0.2, -0.15) is 0 Å². The molecule has 0 atom stereocenters. The summed E-state index contributed by atoms with van der Waals surface area (Å²) in [6.07, 6.45) is 4.52. The normalized spacial score (nSPS) is 10.8. The van der Waals surface area contributed by atoms with Crippen LogP contribution in [-0.4, -0.2) is 23.1 Å². The van der Waals surface area contributed by atoms with E-state index in [2.05, 4.69) is 29.1 Å². The van der Waals surface area contributed by atoms with E-state index < -0.39 is 0 Å². The summed E-state index contributed by atoms with van der Waals surface area (Å²) in [5, 5.41) is 3.35. The summed E-state index contributed by atoms with van der Waals surface area (Å²) in [5.74, 6) is 1.70. The van der Waals surface area contributed by atoms with Gasteiger partial charge in [0.2, 0.25) is 0 Å². The second-order valence-electron chi connectivity index (χ2n) is 5.07. The van der Waals surface area contributed by atoms with E-state index >= 15 is 0 Å². The van der Waals surface area contributed by atoms with E-state index in [1.807, 2.05) is 36.7 Å². The Bertz CT molecular complexity index is 520. The molecule has 0 bridgehead atoms. The van der Waals surface area contributed by atoms with Crippen LogP contribution in [0.25, 0.3) is 0 Å². The Hall–Kier alpha value is -1.94.